The summed E-state index contributed by atoms with van der Waals surface area (Å²) in [6.07, 6.45) is 5.54. The molecule has 0 amide bonds. The van der Waals surface area contributed by atoms with Crippen LogP contribution in [-0.2, 0) is 0 Å². The lowest BCUT2D eigenvalue weighted by Gasteiger charge is -2.41. The van der Waals surface area contributed by atoms with Crippen LogP contribution in [0.15, 0.2) is 30.3 Å². The summed E-state index contributed by atoms with van der Waals surface area (Å²) in [5, 5.41) is 3.88. The predicted molar refractivity (Wildman–Crippen MR) is 104 cm³/mol. The summed E-state index contributed by atoms with van der Waals surface area (Å²) in [6, 6.07) is 13.2. The molecule has 3 heterocycles. The van der Waals surface area contributed by atoms with E-state index in [1.54, 1.807) is 0 Å². The molecular formula is C21H34N4. The molecule has 3 aliphatic heterocycles. The molecule has 1 N–H and O–H groups in total. The molecule has 0 aromatic heterocycles. The molecule has 25 heavy (non-hydrogen) atoms. The molecule has 4 nitrogen and oxygen atoms in total. The highest BCUT2D eigenvalue weighted by Gasteiger charge is 2.31. The van der Waals surface area contributed by atoms with Gasteiger partial charge in [0.1, 0.15) is 0 Å². The molecule has 1 aromatic rings. The van der Waals surface area contributed by atoms with E-state index < -0.39 is 0 Å². The molecule has 0 radical (unpaired) electrons. The average molecular weight is 343 g/mol. The number of piperazine rings is 1. The molecule has 4 rings (SSSR count). The first-order chi connectivity index (χ1) is 12.3. The highest BCUT2D eigenvalue weighted by molar-refractivity contribution is 5.20. The Balaban J connectivity index is 1.29. The third kappa shape index (κ3) is 4.25. The van der Waals surface area contributed by atoms with Gasteiger partial charge < -0.3 is 15.1 Å². The summed E-state index contributed by atoms with van der Waals surface area (Å²) in [7, 11) is 2.25. The maximum atomic E-state index is 3.88. The van der Waals surface area contributed by atoms with E-state index in [9.17, 15) is 0 Å². The Kier molecular flexibility index (Phi) is 5.71. The molecule has 3 saturated heterocycles. The number of hydrogen-bond acceptors (Lipinski definition) is 4. The Morgan fingerprint density at radius 1 is 1.04 bits per heavy atom. The Bertz CT molecular complexity index is 534. The first-order valence-corrected chi connectivity index (χ1v) is 10.2. The minimum absolute atomic E-state index is 0.540. The molecule has 0 saturated carbocycles. The summed E-state index contributed by atoms with van der Waals surface area (Å²) in [6.45, 7) is 8.46. The zero-order valence-corrected chi connectivity index (χ0v) is 15.7. The fourth-order valence-electron chi connectivity index (χ4n) is 5.04. The lowest BCUT2D eigenvalue weighted by molar-refractivity contribution is 0.0878. The minimum Gasteiger partial charge on any atom is -0.313 e. The summed E-state index contributed by atoms with van der Waals surface area (Å²) in [4.78, 5) is 7.87. The van der Waals surface area contributed by atoms with Crippen molar-refractivity contribution >= 4 is 0 Å². The number of piperidine rings is 1. The van der Waals surface area contributed by atoms with Gasteiger partial charge in [-0.15, -0.1) is 0 Å². The second-order valence-electron chi connectivity index (χ2n) is 8.23. The van der Waals surface area contributed by atoms with Gasteiger partial charge in [-0.2, -0.15) is 0 Å². The Hall–Kier alpha value is -0.940. The Morgan fingerprint density at radius 3 is 2.80 bits per heavy atom. The smallest absolute Gasteiger partial charge is 0.0476 e. The second-order valence-corrected chi connectivity index (χ2v) is 8.23. The van der Waals surface area contributed by atoms with Gasteiger partial charge in [-0.1, -0.05) is 30.3 Å². The van der Waals surface area contributed by atoms with E-state index in [1.807, 2.05) is 0 Å². The average Bonchev–Trinajstić information content (AvgIpc) is 3.11. The fourth-order valence-corrected chi connectivity index (χ4v) is 5.04. The van der Waals surface area contributed by atoms with Gasteiger partial charge in [0.25, 0.3) is 0 Å². The van der Waals surface area contributed by atoms with E-state index in [1.165, 1.54) is 57.4 Å². The summed E-state index contributed by atoms with van der Waals surface area (Å²) in [5.74, 6) is 0. The van der Waals surface area contributed by atoms with Gasteiger partial charge in [0, 0.05) is 50.8 Å². The van der Waals surface area contributed by atoms with Crippen LogP contribution in [0.2, 0.25) is 0 Å². The van der Waals surface area contributed by atoms with Gasteiger partial charge in [-0.3, -0.25) is 4.90 Å². The first kappa shape index (κ1) is 17.5. The van der Waals surface area contributed by atoms with Crippen LogP contribution in [0.3, 0.4) is 0 Å². The third-order valence-electron chi connectivity index (χ3n) is 6.53. The molecule has 3 fully saturated rings. The summed E-state index contributed by atoms with van der Waals surface area (Å²) in [5.41, 5.74) is 1.47. The third-order valence-corrected chi connectivity index (χ3v) is 6.53. The Labute approximate surface area is 153 Å². The predicted octanol–water partition coefficient (Wildman–Crippen LogP) is 2.19. The molecular weight excluding hydrogens is 308 g/mol. The van der Waals surface area contributed by atoms with Gasteiger partial charge >= 0.3 is 0 Å². The monoisotopic (exact) mass is 342 g/mol. The number of nitrogens with zero attached hydrogens (tertiary/aromatic N) is 3. The normalized spacial score (nSPS) is 32.0. The van der Waals surface area contributed by atoms with E-state index in [2.05, 4.69) is 57.4 Å². The molecule has 138 valence electrons. The van der Waals surface area contributed by atoms with Gasteiger partial charge in [-0.25, -0.2) is 0 Å². The summed E-state index contributed by atoms with van der Waals surface area (Å²) >= 11 is 0. The minimum atomic E-state index is 0.540. The van der Waals surface area contributed by atoms with Crippen LogP contribution in [0, 0.1) is 0 Å². The Morgan fingerprint density at radius 2 is 1.92 bits per heavy atom. The zero-order valence-electron chi connectivity index (χ0n) is 15.7. The van der Waals surface area contributed by atoms with Gasteiger partial charge in [-0.05, 0) is 51.4 Å². The largest absolute Gasteiger partial charge is 0.313 e. The van der Waals surface area contributed by atoms with Crippen LogP contribution in [0.5, 0.6) is 0 Å². The molecule has 4 heteroatoms. The van der Waals surface area contributed by atoms with Crippen LogP contribution in [0.1, 0.15) is 37.3 Å². The fraction of sp³-hybridized carbons (Fsp3) is 0.714. The lowest BCUT2D eigenvalue weighted by Crippen LogP contribution is -2.50. The number of rotatable bonds is 5. The van der Waals surface area contributed by atoms with Crippen molar-refractivity contribution in [1.29, 1.82) is 0 Å². The summed E-state index contributed by atoms with van der Waals surface area (Å²) < 4.78 is 0. The van der Waals surface area contributed by atoms with E-state index in [-0.39, 0.29) is 0 Å². The number of hydrogen-bond donors (Lipinski definition) is 1. The molecule has 0 aliphatic carbocycles. The van der Waals surface area contributed by atoms with Crippen LogP contribution in [0.4, 0.5) is 0 Å². The highest BCUT2D eigenvalue weighted by Crippen LogP contribution is 2.27. The second kappa shape index (κ2) is 8.17. The molecule has 3 atom stereocenters. The van der Waals surface area contributed by atoms with Crippen LogP contribution < -0.4 is 5.32 Å². The van der Waals surface area contributed by atoms with Crippen molar-refractivity contribution in [1.82, 2.24) is 20.0 Å². The van der Waals surface area contributed by atoms with Crippen molar-refractivity contribution in [3.05, 3.63) is 35.9 Å². The van der Waals surface area contributed by atoms with Crippen molar-refractivity contribution in [2.24, 2.45) is 0 Å². The maximum Gasteiger partial charge on any atom is 0.0476 e. The van der Waals surface area contributed by atoms with E-state index in [4.69, 9.17) is 0 Å². The molecule has 0 unspecified atom stereocenters. The van der Waals surface area contributed by atoms with Gasteiger partial charge in [0.2, 0.25) is 0 Å². The van der Waals surface area contributed by atoms with E-state index in [0.717, 1.165) is 31.7 Å². The quantitative estimate of drug-likeness (QED) is 0.885. The van der Waals surface area contributed by atoms with Crippen LogP contribution >= 0.6 is 0 Å². The number of benzene rings is 1. The van der Waals surface area contributed by atoms with Crippen molar-refractivity contribution in [2.45, 2.75) is 43.8 Å². The van der Waals surface area contributed by atoms with Crippen molar-refractivity contribution in [3.63, 3.8) is 0 Å². The molecule has 0 spiro atoms. The lowest BCUT2D eigenvalue weighted by atomic mass is 9.97. The zero-order chi connectivity index (χ0) is 17.1. The van der Waals surface area contributed by atoms with Crippen LogP contribution in [-0.4, -0.2) is 79.6 Å². The van der Waals surface area contributed by atoms with Crippen LogP contribution in [0.25, 0.3) is 0 Å². The topological polar surface area (TPSA) is 21.8 Å². The van der Waals surface area contributed by atoms with Crippen molar-refractivity contribution < 1.29 is 0 Å². The SMILES string of the molecule is CN1CCN(CCN[C@@H]2CCN3CCC[C@@H]3C2)[C@@H](c2ccccc2)C1. The molecule has 1 aromatic carbocycles. The van der Waals surface area contributed by atoms with Crippen molar-refractivity contribution in [2.75, 3.05) is 52.9 Å². The number of nitrogens with one attached hydrogen (secondary N) is 1. The standard InChI is InChI=1S/C21H34N4/c1-23-14-15-25(21(17-23)18-6-3-2-4-7-18)13-10-22-19-9-12-24-11-5-8-20(24)16-19/h2-4,6-7,19-22H,5,8-17H2,1H3/t19-,20-,21-/m1/s1. The number of likely N-dealkylation sites (N-methyl/N-ethyl adjacent to an activating group) is 1. The van der Waals surface area contributed by atoms with E-state index in [0.29, 0.717) is 6.04 Å². The van der Waals surface area contributed by atoms with E-state index >= 15 is 0 Å². The number of fused-ring (bicyclic) bond motifs is 1. The highest BCUT2D eigenvalue weighted by atomic mass is 15.3. The maximum absolute atomic E-state index is 3.88. The van der Waals surface area contributed by atoms with Crippen molar-refractivity contribution in [3.8, 4) is 0 Å². The first-order valence-electron chi connectivity index (χ1n) is 10.2. The van der Waals surface area contributed by atoms with Gasteiger partial charge in [0.05, 0.1) is 0 Å². The van der Waals surface area contributed by atoms with Gasteiger partial charge in [0.15, 0.2) is 0 Å². The molecule has 0 bridgehead atoms. The molecule has 3 aliphatic rings.